The first kappa shape index (κ1) is 20.7. The van der Waals surface area contributed by atoms with Crippen molar-refractivity contribution in [3.8, 4) is 0 Å². The molecule has 0 fully saturated rings. The topological polar surface area (TPSA) is 40.6 Å². The molecule has 0 atom stereocenters. The summed E-state index contributed by atoms with van der Waals surface area (Å²) in [5.74, 6) is -0.331. The largest absolute Gasteiger partial charge is 1.00 e. The van der Waals surface area contributed by atoms with Crippen molar-refractivity contribution < 1.29 is 40.6 Å². The van der Waals surface area contributed by atoms with Crippen LogP contribution in [-0.2, 0) is 9.59 Å². The molecule has 2 amide bonds. The number of hydrogen-bond acceptors (Lipinski definition) is 2. The molecule has 5 heteroatoms. The molecule has 2 aromatic carbocycles. The van der Waals surface area contributed by atoms with E-state index in [1.54, 1.807) is 9.80 Å². The predicted molar refractivity (Wildman–Crippen MR) is 102 cm³/mol. The second-order valence-corrected chi connectivity index (χ2v) is 7.59. The molecule has 0 saturated heterocycles. The van der Waals surface area contributed by atoms with Crippen molar-refractivity contribution >= 4 is 28.9 Å². The minimum absolute atomic E-state index is 0. The summed E-state index contributed by atoms with van der Waals surface area (Å²) in [6.45, 7) is 7.07. The van der Waals surface area contributed by atoms with Crippen molar-refractivity contribution in [3.63, 3.8) is 0 Å². The number of carbonyl (C=O) groups excluding carboxylic acids is 2. The van der Waals surface area contributed by atoms with Crippen molar-refractivity contribution in [2.75, 3.05) is 16.3 Å². The zero-order chi connectivity index (χ0) is 18.0. The first-order valence-corrected chi connectivity index (χ1v) is 8.64. The Morgan fingerprint density at radius 2 is 1.46 bits per heavy atom. The number of para-hydroxylation sites is 3. The summed E-state index contributed by atoms with van der Waals surface area (Å²) in [4.78, 5) is 29.0. The van der Waals surface area contributed by atoms with E-state index in [0.717, 1.165) is 23.5 Å². The molecular formula is C21H25N2NaO2. The molecule has 26 heavy (non-hydrogen) atoms. The van der Waals surface area contributed by atoms with Crippen LogP contribution in [0.2, 0.25) is 0 Å². The summed E-state index contributed by atoms with van der Waals surface area (Å²) < 4.78 is 0. The van der Waals surface area contributed by atoms with Gasteiger partial charge in [0.15, 0.2) is 0 Å². The Morgan fingerprint density at radius 3 is 2.08 bits per heavy atom. The molecule has 0 spiro atoms. The van der Waals surface area contributed by atoms with Gasteiger partial charge in [-0.15, -0.1) is 0 Å². The molecule has 1 heterocycles. The maximum atomic E-state index is 12.8. The van der Waals surface area contributed by atoms with Gasteiger partial charge in [0, 0.05) is 12.2 Å². The molecule has 0 radical (unpaired) electrons. The van der Waals surface area contributed by atoms with Gasteiger partial charge in [-0.2, -0.15) is 0 Å². The SMILES string of the molecule is CC(C)(C)CCN1C(=O)CC(=O)N(c2ccccc2)c2ccccc21.[H-].[Na+]. The minimum Gasteiger partial charge on any atom is -1.00 e. The number of carbonyl (C=O) groups is 2. The van der Waals surface area contributed by atoms with Gasteiger partial charge >= 0.3 is 29.6 Å². The Hall–Kier alpha value is -1.62. The average molecular weight is 360 g/mol. The standard InChI is InChI=1S/C21H24N2O2.Na.H/c1-21(2,3)13-14-22-17-11-7-8-12-18(17)23(20(25)15-19(22)24)16-9-5-4-6-10-16;;/h4-12H,13-15H2,1-3H3;;/q;+1;-1. The van der Waals surface area contributed by atoms with Crippen LogP contribution in [0.5, 0.6) is 0 Å². The van der Waals surface area contributed by atoms with Gasteiger partial charge in [-0.3, -0.25) is 14.5 Å². The Morgan fingerprint density at radius 1 is 0.885 bits per heavy atom. The summed E-state index contributed by atoms with van der Waals surface area (Å²) in [6, 6.07) is 17.1. The maximum Gasteiger partial charge on any atom is 1.00 e. The fourth-order valence-corrected chi connectivity index (χ4v) is 3.01. The summed E-state index contributed by atoms with van der Waals surface area (Å²) in [5.41, 5.74) is 2.46. The van der Waals surface area contributed by atoms with Crippen molar-refractivity contribution in [1.29, 1.82) is 0 Å². The Bertz CT molecular complexity index is 790. The third-order valence-electron chi connectivity index (χ3n) is 4.37. The number of hydrogen-bond donors (Lipinski definition) is 0. The molecular weight excluding hydrogens is 335 g/mol. The number of nitrogens with zero attached hydrogens (tertiary/aromatic N) is 2. The molecule has 2 aromatic rings. The summed E-state index contributed by atoms with van der Waals surface area (Å²) in [5, 5.41) is 0. The number of fused-ring (bicyclic) bond motifs is 1. The molecule has 0 aliphatic carbocycles. The van der Waals surface area contributed by atoms with Gasteiger partial charge in [0.25, 0.3) is 0 Å². The van der Waals surface area contributed by atoms with Crippen LogP contribution in [0.4, 0.5) is 17.1 Å². The van der Waals surface area contributed by atoms with E-state index >= 15 is 0 Å². The van der Waals surface area contributed by atoms with Gasteiger partial charge in [0.05, 0.1) is 11.4 Å². The zero-order valence-electron chi connectivity index (χ0n) is 17.0. The molecule has 0 unspecified atom stereocenters. The van der Waals surface area contributed by atoms with E-state index in [4.69, 9.17) is 0 Å². The fraction of sp³-hybridized carbons (Fsp3) is 0.333. The Balaban J connectivity index is 0.00000182. The van der Waals surface area contributed by atoms with E-state index in [2.05, 4.69) is 20.8 Å². The van der Waals surface area contributed by atoms with Gasteiger partial charge in [0.2, 0.25) is 11.8 Å². The van der Waals surface area contributed by atoms with Crippen LogP contribution >= 0.6 is 0 Å². The molecule has 3 rings (SSSR count). The quantitative estimate of drug-likeness (QED) is 0.617. The van der Waals surface area contributed by atoms with Crippen LogP contribution in [0.25, 0.3) is 0 Å². The number of rotatable bonds is 3. The molecule has 4 nitrogen and oxygen atoms in total. The second-order valence-electron chi connectivity index (χ2n) is 7.59. The van der Waals surface area contributed by atoms with E-state index in [1.807, 2.05) is 54.6 Å². The van der Waals surface area contributed by atoms with Gasteiger partial charge in [-0.1, -0.05) is 51.1 Å². The number of anilines is 3. The summed E-state index contributed by atoms with van der Waals surface area (Å²) in [7, 11) is 0. The van der Waals surface area contributed by atoms with Gasteiger partial charge in [-0.05, 0) is 36.1 Å². The molecule has 0 N–H and O–H groups in total. The minimum atomic E-state index is -0.193. The van der Waals surface area contributed by atoms with Crippen LogP contribution in [-0.4, -0.2) is 18.4 Å². The van der Waals surface area contributed by atoms with Crippen molar-refractivity contribution in [2.45, 2.75) is 33.6 Å². The van der Waals surface area contributed by atoms with E-state index in [-0.39, 0.29) is 54.6 Å². The molecule has 1 aliphatic rings. The number of benzene rings is 2. The normalized spacial score (nSPS) is 14.6. The average Bonchev–Trinajstić information content (AvgIpc) is 2.66. The van der Waals surface area contributed by atoms with E-state index in [9.17, 15) is 9.59 Å². The monoisotopic (exact) mass is 360 g/mol. The first-order valence-electron chi connectivity index (χ1n) is 8.64. The van der Waals surface area contributed by atoms with Crippen LogP contribution in [0, 0.1) is 5.41 Å². The van der Waals surface area contributed by atoms with E-state index in [0.29, 0.717) is 6.54 Å². The fourth-order valence-electron chi connectivity index (χ4n) is 3.01. The Kier molecular flexibility index (Phi) is 6.67. The van der Waals surface area contributed by atoms with Crippen molar-refractivity contribution in [1.82, 2.24) is 0 Å². The molecule has 0 bridgehead atoms. The predicted octanol–water partition coefficient (Wildman–Crippen LogP) is 1.64. The molecule has 0 saturated carbocycles. The van der Waals surface area contributed by atoms with Crippen LogP contribution in [0.3, 0.4) is 0 Å². The Labute approximate surface area is 179 Å². The smallest absolute Gasteiger partial charge is 1.00 e. The van der Waals surface area contributed by atoms with E-state index < -0.39 is 0 Å². The van der Waals surface area contributed by atoms with Gasteiger partial charge < -0.3 is 6.33 Å². The van der Waals surface area contributed by atoms with Crippen LogP contribution < -0.4 is 39.4 Å². The molecule has 132 valence electrons. The number of amides is 2. The molecule has 1 aliphatic heterocycles. The van der Waals surface area contributed by atoms with Crippen LogP contribution in [0.15, 0.2) is 54.6 Å². The third kappa shape index (κ3) is 4.56. The third-order valence-corrected chi connectivity index (χ3v) is 4.37. The summed E-state index contributed by atoms with van der Waals surface area (Å²) in [6.07, 6.45) is 0.750. The van der Waals surface area contributed by atoms with E-state index in [1.165, 1.54) is 0 Å². The molecule has 0 aromatic heterocycles. The van der Waals surface area contributed by atoms with Gasteiger partial charge in [0.1, 0.15) is 6.42 Å². The zero-order valence-corrected chi connectivity index (χ0v) is 18.0. The second kappa shape index (κ2) is 8.38. The van der Waals surface area contributed by atoms with Crippen molar-refractivity contribution in [3.05, 3.63) is 54.6 Å². The van der Waals surface area contributed by atoms with Crippen LogP contribution in [0.1, 0.15) is 35.0 Å². The maximum absolute atomic E-state index is 12.8. The van der Waals surface area contributed by atoms with Crippen molar-refractivity contribution in [2.24, 2.45) is 5.41 Å². The summed E-state index contributed by atoms with van der Waals surface area (Å²) >= 11 is 0. The van der Waals surface area contributed by atoms with Gasteiger partial charge in [-0.25, -0.2) is 0 Å². The first-order chi connectivity index (χ1) is 11.9.